The molecule has 0 unspecified atom stereocenters. The number of likely N-dealkylation sites (N-methyl/N-ethyl adjacent to an activating group) is 1. The first-order valence-corrected chi connectivity index (χ1v) is 14.7. The number of nitrogens with two attached hydrogens (primary N) is 1. The molecule has 3 aliphatic rings. The normalized spacial score (nSPS) is 24.0. The second kappa shape index (κ2) is 11.9. The predicted octanol–water partition coefficient (Wildman–Crippen LogP) is 1.11. The van der Waals surface area contributed by atoms with Crippen LogP contribution < -0.4 is 16.0 Å². The van der Waals surface area contributed by atoms with E-state index in [0.717, 1.165) is 5.56 Å². The molecular weight excluding hydrogens is 596 g/mol. The van der Waals surface area contributed by atoms with Gasteiger partial charge < -0.3 is 41.1 Å². The van der Waals surface area contributed by atoms with Crippen molar-refractivity contribution in [1.82, 2.24) is 10.2 Å². The number of rotatable bonds is 8. The Morgan fingerprint density at radius 2 is 1.72 bits per heavy atom. The van der Waals surface area contributed by atoms with Gasteiger partial charge in [0.15, 0.2) is 11.4 Å². The molecule has 2 aromatic carbocycles. The number of esters is 1. The Kier molecular flexibility index (Phi) is 8.45. The van der Waals surface area contributed by atoms with Crippen LogP contribution >= 0.6 is 0 Å². The van der Waals surface area contributed by atoms with Gasteiger partial charge in [0.05, 0.1) is 24.3 Å². The van der Waals surface area contributed by atoms with E-state index in [2.05, 4.69) is 5.32 Å². The molecule has 0 radical (unpaired) electrons. The number of fused-ring (bicyclic) bond motifs is 3. The highest BCUT2D eigenvalue weighted by Gasteiger charge is 2.64. The number of carbonyl (C=O) groups is 4. The van der Waals surface area contributed by atoms with Crippen LogP contribution in [-0.4, -0.2) is 95.7 Å². The van der Waals surface area contributed by atoms with E-state index in [1.165, 1.54) is 12.0 Å². The third-order valence-electron chi connectivity index (χ3n) is 9.28. The summed E-state index contributed by atoms with van der Waals surface area (Å²) in [5.74, 6) is -7.33. The highest BCUT2D eigenvalue weighted by Crippen LogP contribution is 2.54. The van der Waals surface area contributed by atoms with E-state index >= 15 is 0 Å². The number of nitrogens with one attached hydrogen (secondary N) is 1. The number of aliphatic hydroxyl groups is 3. The Hall–Kier alpha value is -4.72. The molecule has 4 atom stereocenters. The number of hydrogen-bond acceptors (Lipinski definition) is 12. The van der Waals surface area contributed by atoms with Gasteiger partial charge in [-0.05, 0) is 62.2 Å². The molecule has 0 heterocycles. The molecule has 13 heteroatoms. The van der Waals surface area contributed by atoms with Crippen molar-refractivity contribution in [2.45, 2.75) is 37.6 Å². The molecular formula is C33H38N4O9. The Bertz CT molecular complexity index is 1710. The molecule has 244 valence electrons. The van der Waals surface area contributed by atoms with Gasteiger partial charge in [0.25, 0.3) is 5.91 Å². The van der Waals surface area contributed by atoms with E-state index in [-0.39, 0.29) is 36.3 Å². The number of nitrogens with zero attached hydrogens (tertiary/aromatic N) is 2. The van der Waals surface area contributed by atoms with Gasteiger partial charge >= 0.3 is 5.97 Å². The first-order valence-electron chi connectivity index (χ1n) is 14.7. The number of hydrogen-bond donors (Lipinski definition) is 6. The topological polar surface area (TPSA) is 203 Å². The summed E-state index contributed by atoms with van der Waals surface area (Å²) in [6, 6.07) is 7.48. The number of ketones is 2. The number of methoxy groups -OCH3 is 1. The van der Waals surface area contributed by atoms with Crippen LogP contribution in [0.4, 0.5) is 5.69 Å². The number of benzene rings is 2. The summed E-state index contributed by atoms with van der Waals surface area (Å²) in [6.45, 7) is 0.555. The zero-order valence-corrected chi connectivity index (χ0v) is 26.2. The molecule has 1 amide bonds. The second-order valence-corrected chi connectivity index (χ2v) is 12.4. The molecule has 13 nitrogen and oxygen atoms in total. The van der Waals surface area contributed by atoms with Gasteiger partial charge in [-0.1, -0.05) is 12.1 Å². The van der Waals surface area contributed by atoms with Gasteiger partial charge in [-0.25, -0.2) is 4.79 Å². The van der Waals surface area contributed by atoms with Crippen LogP contribution in [-0.2, 0) is 38.6 Å². The average Bonchev–Trinajstić information content (AvgIpc) is 2.99. The number of carbonyl (C=O) groups excluding carboxylic acids is 4. The quantitative estimate of drug-likeness (QED) is 0.179. The molecule has 5 rings (SSSR count). The molecule has 2 aromatic rings. The van der Waals surface area contributed by atoms with Gasteiger partial charge in [-0.3, -0.25) is 19.3 Å². The van der Waals surface area contributed by atoms with Gasteiger partial charge in [0, 0.05) is 49.9 Å². The predicted molar refractivity (Wildman–Crippen MR) is 167 cm³/mol. The van der Waals surface area contributed by atoms with E-state index in [4.69, 9.17) is 10.5 Å². The number of aromatic hydroxyl groups is 1. The van der Waals surface area contributed by atoms with E-state index in [1.54, 1.807) is 44.4 Å². The maximum absolute atomic E-state index is 14.1. The molecule has 0 aromatic heterocycles. The number of ether oxygens (including phenoxy) is 1. The summed E-state index contributed by atoms with van der Waals surface area (Å²) in [5.41, 5.74) is 4.64. The number of phenols is 1. The first-order chi connectivity index (χ1) is 21.6. The van der Waals surface area contributed by atoms with Gasteiger partial charge in [0.2, 0.25) is 5.78 Å². The molecule has 0 aliphatic heterocycles. The number of aliphatic hydroxyl groups excluding tert-OH is 2. The SMILES string of the molecule is COC(=O)c1ccc(CNCc2cc(N(C)C)c3c(c2O)C(O)=C2C(=O)[C@@]4(O)C(O)=C(C(N)=O)C(=O)[C@H](N(C)C)[C@H]4C[C@H]2C3)cc1. The molecule has 0 spiro atoms. The lowest BCUT2D eigenvalue weighted by molar-refractivity contribution is -0.153. The van der Waals surface area contributed by atoms with Crippen LogP contribution in [0.3, 0.4) is 0 Å². The van der Waals surface area contributed by atoms with Crippen molar-refractivity contribution in [3.05, 3.63) is 75.1 Å². The summed E-state index contributed by atoms with van der Waals surface area (Å²) in [6.07, 6.45) is 0.202. The zero-order valence-electron chi connectivity index (χ0n) is 26.2. The number of primary amides is 1. The van der Waals surface area contributed by atoms with Gasteiger partial charge in [-0.15, -0.1) is 0 Å². The monoisotopic (exact) mass is 634 g/mol. The maximum Gasteiger partial charge on any atom is 0.337 e. The maximum atomic E-state index is 14.1. The summed E-state index contributed by atoms with van der Waals surface area (Å²) < 4.78 is 4.73. The van der Waals surface area contributed by atoms with E-state index < -0.39 is 64.0 Å². The number of phenolic OH excluding ortho intramolecular Hbond substituents is 1. The molecule has 1 saturated carbocycles. The smallest absolute Gasteiger partial charge is 0.337 e. The third-order valence-corrected chi connectivity index (χ3v) is 9.28. The van der Waals surface area contributed by atoms with Crippen LogP contribution in [0.5, 0.6) is 5.75 Å². The molecule has 3 aliphatic carbocycles. The summed E-state index contributed by atoms with van der Waals surface area (Å²) >= 11 is 0. The van der Waals surface area contributed by atoms with Crippen molar-refractivity contribution in [2.75, 3.05) is 40.2 Å². The Morgan fingerprint density at radius 3 is 2.28 bits per heavy atom. The number of amides is 1. The minimum absolute atomic E-state index is 0.0114. The van der Waals surface area contributed by atoms with Crippen LogP contribution in [0, 0.1) is 11.8 Å². The third kappa shape index (κ3) is 5.00. The number of Topliss-reactive ketones (excluding diaryl/α,β-unsaturated/α-hetero) is 2. The largest absolute Gasteiger partial charge is 0.508 e. The molecule has 1 fully saturated rings. The van der Waals surface area contributed by atoms with Gasteiger partial charge in [0.1, 0.15) is 22.8 Å². The van der Waals surface area contributed by atoms with Crippen molar-refractivity contribution >= 4 is 34.9 Å². The molecule has 0 bridgehead atoms. The lowest BCUT2D eigenvalue weighted by atomic mass is 9.57. The average molecular weight is 635 g/mol. The van der Waals surface area contributed by atoms with Crippen LogP contribution in [0.2, 0.25) is 0 Å². The fraction of sp³-hybridized carbons (Fsp3) is 0.394. The molecule has 7 N–H and O–H groups in total. The zero-order chi connectivity index (χ0) is 33.8. The second-order valence-electron chi connectivity index (χ2n) is 12.4. The fourth-order valence-corrected chi connectivity index (χ4v) is 7.10. The Labute approximate surface area is 265 Å². The number of anilines is 1. The van der Waals surface area contributed by atoms with Crippen molar-refractivity contribution in [2.24, 2.45) is 17.6 Å². The lowest BCUT2D eigenvalue weighted by Gasteiger charge is -2.50. The highest BCUT2D eigenvalue weighted by atomic mass is 16.5. The summed E-state index contributed by atoms with van der Waals surface area (Å²) in [5, 5.41) is 49.3. The Morgan fingerprint density at radius 1 is 1.07 bits per heavy atom. The summed E-state index contributed by atoms with van der Waals surface area (Å²) in [7, 11) is 8.04. The minimum Gasteiger partial charge on any atom is -0.508 e. The van der Waals surface area contributed by atoms with E-state index in [9.17, 15) is 39.6 Å². The van der Waals surface area contributed by atoms with Crippen molar-refractivity contribution in [3.63, 3.8) is 0 Å². The van der Waals surface area contributed by atoms with Crippen LogP contribution in [0.25, 0.3) is 5.76 Å². The van der Waals surface area contributed by atoms with E-state index in [0.29, 0.717) is 28.9 Å². The van der Waals surface area contributed by atoms with Crippen molar-refractivity contribution in [3.8, 4) is 5.75 Å². The molecule has 0 saturated heterocycles. The van der Waals surface area contributed by atoms with Crippen molar-refractivity contribution in [1.29, 1.82) is 0 Å². The fourth-order valence-electron chi connectivity index (χ4n) is 7.10. The first kappa shape index (κ1) is 32.7. The van der Waals surface area contributed by atoms with Crippen LogP contribution in [0.15, 0.2) is 47.2 Å². The van der Waals surface area contributed by atoms with E-state index in [1.807, 2.05) is 19.0 Å². The van der Waals surface area contributed by atoms with Crippen LogP contribution in [0.1, 0.15) is 39.0 Å². The Balaban J connectivity index is 1.55. The molecule has 46 heavy (non-hydrogen) atoms. The van der Waals surface area contributed by atoms with Crippen molar-refractivity contribution < 1.29 is 44.3 Å². The standard InChI is InChI=1S/C33H38N4O9/c1-36(2)21-12-18(14-35-13-15-6-8-16(9-7-15)32(44)46-5)26(38)23-19(21)10-17-11-20-25(37(3)4)28(40)24(31(34)43)30(42)33(20,45)29(41)22(17)27(23)39/h6-9,12,17,20,25,35,38-39,42,45H,10-11,13-14H2,1-5H3,(H2,34,43)/t17-,20-,25-,33-/m1/s1. The minimum atomic E-state index is -2.70. The highest BCUT2D eigenvalue weighted by molar-refractivity contribution is 6.24. The lowest BCUT2D eigenvalue weighted by Crippen LogP contribution is -2.65. The van der Waals surface area contributed by atoms with Gasteiger partial charge in [-0.2, -0.15) is 0 Å². The summed E-state index contributed by atoms with van der Waals surface area (Å²) in [4.78, 5) is 54.7.